The zero-order valence-electron chi connectivity index (χ0n) is 11.2. The first-order valence-corrected chi connectivity index (χ1v) is 7.15. The fraction of sp³-hybridized carbons (Fsp3) is 0.533. The molecule has 3 nitrogen and oxygen atoms in total. The van der Waals surface area contributed by atoms with Gasteiger partial charge in [-0.05, 0) is 31.4 Å². The Morgan fingerprint density at radius 3 is 2.89 bits per heavy atom. The van der Waals surface area contributed by atoms with Crippen LogP contribution < -0.4 is 0 Å². The van der Waals surface area contributed by atoms with E-state index in [0.717, 1.165) is 23.6 Å². The summed E-state index contributed by atoms with van der Waals surface area (Å²) in [4.78, 5) is 14.0. The second-order valence-electron chi connectivity index (χ2n) is 5.22. The normalized spacial score (nSPS) is 20.6. The molecule has 1 aliphatic heterocycles. The maximum absolute atomic E-state index is 12.1. The summed E-state index contributed by atoms with van der Waals surface area (Å²) >= 11 is 6.07. The molecule has 0 aliphatic carbocycles. The Balaban J connectivity index is 1.84. The SMILES string of the molecule is CC(O)C1CCN(C(=O)CCc2ccccc2Cl)C1. The summed E-state index contributed by atoms with van der Waals surface area (Å²) in [5.74, 6) is 0.382. The minimum absolute atomic E-state index is 0.156. The van der Waals surface area contributed by atoms with E-state index in [2.05, 4.69) is 0 Å². The standard InChI is InChI=1S/C15H20ClNO2/c1-11(18)13-8-9-17(10-13)15(19)7-6-12-4-2-3-5-14(12)16/h2-5,11,13,18H,6-10H2,1H3. The average Bonchev–Trinajstić information content (AvgIpc) is 2.87. The summed E-state index contributed by atoms with van der Waals surface area (Å²) in [6.45, 7) is 3.23. The van der Waals surface area contributed by atoms with Crippen molar-refractivity contribution in [1.82, 2.24) is 4.90 Å². The highest BCUT2D eigenvalue weighted by Crippen LogP contribution is 2.22. The third kappa shape index (κ3) is 3.71. The second kappa shape index (κ2) is 6.40. The van der Waals surface area contributed by atoms with Crippen LogP contribution in [0.1, 0.15) is 25.3 Å². The van der Waals surface area contributed by atoms with E-state index in [0.29, 0.717) is 19.4 Å². The minimum atomic E-state index is -0.332. The number of nitrogens with zero attached hydrogens (tertiary/aromatic N) is 1. The molecule has 0 aromatic heterocycles. The lowest BCUT2D eigenvalue weighted by molar-refractivity contribution is -0.130. The number of carbonyl (C=O) groups excluding carboxylic acids is 1. The van der Waals surface area contributed by atoms with E-state index in [4.69, 9.17) is 11.6 Å². The van der Waals surface area contributed by atoms with Crippen molar-refractivity contribution in [3.8, 4) is 0 Å². The number of aliphatic hydroxyl groups excluding tert-OH is 1. The van der Waals surface area contributed by atoms with E-state index in [1.165, 1.54) is 0 Å². The summed E-state index contributed by atoms with van der Waals surface area (Å²) in [5, 5.41) is 10.3. The molecule has 1 aromatic rings. The van der Waals surface area contributed by atoms with Gasteiger partial charge in [0.25, 0.3) is 0 Å². The molecule has 1 fully saturated rings. The Bertz CT molecular complexity index is 448. The van der Waals surface area contributed by atoms with Crippen molar-refractivity contribution in [2.75, 3.05) is 13.1 Å². The fourth-order valence-corrected chi connectivity index (χ4v) is 2.74. The van der Waals surface area contributed by atoms with Crippen LogP contribution in [0.15, 0.2) is 24.3 Å². The molecule has 19 heavy (non-hydrogen) atoms. The number of benzene rings is 1. The molecule has 2 rings (SSSR count). The molecule has 2 atom stereocenters. The topological polar surface area (TPSA) is 40.5 Å². The Morgan fingerprint density at radius 2 is 2.26 bits per heavy atom. The third-order valence-corrected chi connectivity index (χ3v) is 4.19. The maximum atomic E-state index is 12.1. The van der Waals surface area contributed by atoms with Gasteiger partial charge in [0.1, 0.15) is 0 Å². The average molecular weight is 282 g/mol. The summed E-state index contributed by atoms with van der Waals surface area (Å²) in [6.07, 6.45) is 1.72. The van der Waals surface area contributed by atoms with E-state index >= 15 is 0 Å². The number of halogens is 1. The number of amides is 1. The van der Waals surface area contributed by atoms with Crippen molar-refractivity contribution < 1.29 is 9.90 Å². The van der Waals surface area contributed by atoms with Gasteiger partial charge >= 0.3 is 0 Å². The van der Waals surface area contributed by atoms with Crippen molar-refractivity contribution in [2.24, 2.45) is 5.92 Å². The lowest BCUT2D eigenvalue weighted by Gasteiger charge is -2.17. The van der Waals surface area contributed by atoms with E-state index in [1.54, 1.807) is 6.92 Å². The molecule has 2 unspecified atom stereocenters. The van der Waals surface area contributed by atoms with Crippen molar-refractivity contribution in [3.63, 3.8) is 0 Å². The van der Waals surface area contributed by atoms with Gasteiger partial charge in [-0.1, -0.05) is 29.8 Å². The molecule has 1 amide bonds. The quantitative estimate of drug-likeness (QED) is 0.921. The first-order chi connectivity index (χ1) is 9.08. The summed E-state index contributed by atoms with van der Waals surface area (Å²) in [5.41, 5.74) is 1.02. The van der Waals surface area contributed by atoms with Crippen LogP contribution in [0.4, 0.5) is 0 Å². The molecular weight excluding hydrogens is 262 g/mol. The number of hydrogen-bond donors (Lipinski definition) is 1. The number of rotatable bonds is 4. The van der Waals surface area contributed by atoms with E-state index in [-0.39, 0.29) is 17.9 Å². The number of carbonyl (C=O) groups is 1. The second-order valence-corrected chi connectivity index (χ2v) is 5.63. The minimum Gasteiger partial charge on any atom is -0.393 e. The van der Waals surface area contributed by atoms with Crippen LogP contribution in [0, 0.1) is 5.92 Å². The van der Waals surface area contributed by atoms with Gasteiger partial charge in [0, 0.05) is 30.5 Å². The van der Waals surface area contributed by atoms with Gasteiger partial charge in [-0.25, -0.2) is 0 Å². The number of aliphatic hydroxyl groups is 1. The third-order valence-electron chi connectivity index (χ3n) is 3.83. The van der Waals surface area contributed by atoms with E-state index in [1.807, 2.05) is 29.2 Å². The predicted octanol–water partition coefficient (Wildman–Crippen LogP) is 2.50. The molecule has 4 heteroatoms. The van der Waals surface area contributed by atoms with Gasteiger partial charge in [-0.2, -0.15) is 0 Å². The van der Waals surface area contributed by atoms with E-state index in [9.17, 15) is 9.90 Å². The van der Waals surface area contributed by atoms with Crippen molar-refractivity contribution in [3.05, 3.63) is 34.9 Å². The van der Waals surface area contributed by atoms with Crippen molar-refractivity contribution in [2.45, 2.75) is 32.3 Å². The first kappa shape index (κ1) is 14.4. The molecule has 104 valence electrons. The fourth-order valence-electron chi connectivity index (χ4n) is 2.51. The van der Waals surface area contributed by atoms with Crippen LogP contribution in [0.5, 0.6) is 0 Å². The molecular formula is C15H20ClNO2. The van der Waals surface area contributed by atoms with Crippen LogP contribution in [0.25, 0.3) is 0 Å². The summed E-state index contributed by atoms with van der Waals surface area (Å²) in [7, 11) is 0. The van der Waals surface area contributed by atoms with Gasteiger partial charge in [-0.15, -0.1) is 0 Å². The lowest BCUT2D eigenvalue weighted by Crippen LogP contribution is -2.30. The van der Waals surface area contributed by atoms with E-state index < -0.39 is 0 Å². The Kier molecular flexibility index (Phi) is 4.83. The number of likely N-dealkylation sites (tertiary alicyclic amines) is 1. The van der Waals surface area contributed by atoms with Crippen LogP contribution in [0.2, 0.25) is 5.02 Å². The highest BCUT2D eigenvalue weighted by Gasteiger charge is 2.28. The first-order valence-electron chi connectivity index (χ1n) is 6.77. The predicted molar refractivity (Wildman–Crippen MR) is 76.1 cm³/mol. The largest absolute Gasteiger partial charge is 0.393 e. The van der Waals surface area contributed by atoms with Gasteiger partial charge in [0.05, 0.1) is 6.10 Å². The van der Waals surface area contributed by atoms with Crippen molar-refractivity contribution >= 4 is 17.5 Å². The summed E-state index contributed by atoms with van der Waals surface area (Å²) in [6, 6.07) is 7.63. The molecule has 1 saturated heterocycles. The number of hydrogen-bond acceptors (Lipinski definition) is 2. The van der Waals surface area contributed by atoms with Crippen LogP contribution in [0.3, 0.4) is 0 Å². The smallest absolute Gasteiger partial charge is 0.222 e. The Morgan fingerprint density at radius 1 is 1.53 bits per heavy atom. The summed E-state index contributed by atoms with van der Waals surface area (Å²) < 4.78 is 0. The van der Waals surface area contributed by atoms with Gasteiger partial charge in [-0.3, -0.25) is 4.79 Å². The van der Waals surface area contributed by atoms with Crippen LogP contribution in [-0.2, 0) is 11.2 Å². The molecule has 0 spiro atoms. The number of aryl methyl sites for hydroxylation is 1. The Hall–Kier alpha value is -1.06. The van der Waals surface area contributed by atoms with Gasteiger partial charge < -0.3 is 10.0 Å². The molecule has 1 aliphatic rings. The van der Waals surface area contributed by atoms with Gasteiger partial charge in [0.2, 0.25) is 5.91 Å². The monoisotopic (exact) mass is 281 g/mol. The molecule has 0 radical (unpaired) electrons. The van der Waals surface area contributed by atoms with Crippen LogP contribution in [-0.4, -0.2) is 35.1 Å². The van der Waals surface area contributed by atoms with Crippen LogP contribution >= 0.6 is 11.6 Å². The molecule has 1 heterocycles. The highest BCUT2D eigenvalue weighted by molar-refractivity contribution is 6.31. The highest BCUT2D eigenvalue weighted by atomic mass is 35.5. The molecule has 0 bridgehead atoms. The molecule has 1 N–H and O–H groups in total. The molecule has 1 aromatic carbocycles. The maximum Gasteiger partial charge on any atom is 0.222 e. The van der Waals surface area contributed by atoms with Gasteiger partial charge in [0.15, 0.2) is 0 Å². The lowest BCUT2D eigenvalue weighted by atomic mass is 10.0. The zero-order valence-corrected chi connectivity index (χ0v) is 11.9. The molecule has 0 saturated carbocycles. The zero-order chi connectivity index (χ0) is 13.8. The Labute approximate surface area is 119 Å². The van der Waals surface area contributed by atoms with Crippen molar-refractivity contribution in [1.29, 1.82) is 0 Å².